The van der Waals surface area contributed by atoms with Gasteiger partial charge in [0, 0.05) is 0 Å². The van der Waals surface area contributed by atoms with Crippen LogP contribution in [0.15, 0.2) is 24.4 Å². The number of para-hydroxylation sites is 1. The van der Waals surface area contributed by atoms with E-state index >= 15 is 0 Å². The lowest BCUT2D eigenvalue weighted by molar-refractivity contribution is 0.0606. The minimum Gasteiger partial charge on any atom is -0.465 e. The minimum atomic E-state index is -0.392. The average molecular weight is 283 g/mol. The first-order chi connectivity index (χ1) is 8.61. The van der Waals surface area contributed by atoms with E-state index in [2.05, 4.69) is 15.0 Å². The number of hydrogen-bond donors (Lipinski definition) is 1. The highest BCUT2D eigenvalue weighted by Gasteiger charge is 2.12. The van der Waals surface area contributed by atoms with E-state index in [4.69, 9.17) is 11.6 Å². The Morgan fingerprint density at radius 2 is 2.28 bits per heavy atom. The number of benzene rings is 1. The first kappa shape index (κ1) is 12.9. The first-order valence-corrected chi connectivity index (χ1v) is 6.37. The molecule has 6 heteroatoms. The van der Waals surface area contributed by atoms with Crippen LogP contribution in [0.5, 0.6) is 0 Å². The van der Waals surface area contributed by atoms with Gasteiger partial charge in [0.15, 0.2) is 5.13 Å². The number of carbonyl (C=O) groups excluding carboxylic acids is 1. The van der Waals surface area contributed by atoms with Crippen molar-refractivity contribution in [3.8, 4) is 0 Å². The second-order valence-electron chi connectivity index (χ2n) is 3.58. The van der Waals surface area contributed by atoms with Gasteiger partial charge in [-0.15, -0.1) is 0 Å². The molecule has 1 aromatic carbocycles. The maximum absolute atomic E-state index is 11.3. The molecular formula is C12H11ClN2O2S. The number of esters is 1. The molecule has 4 nitrogen and oxygen atoms in total. The van der Waals surface area contributed by atoms with Crippen LogP contribution in [0.25, 0.3) is 0 Å². The van der Waals surface area contributed by atoms with E-state index < -0.39 is 5.97 Å². The Morgan fingerprint density at radius 1 is 1.50 bits per heavy atom. The number of aromatic nitrogens is 1. The van der Waals surface area contributed by atoms with E-state index in [1.165, 1.54) is 24.6 Å². The topological polar surface area (TPSA) is 51.2 Å². The summed E-state index contributed by atoms with van der Waals surface area (Å²) in [5.41, 5.74) is 1.81. The molecular weight excluding hydrogens is 272 g/mol. The number of carbonyl (C=O) groups is 1. The third-order valence-corrected chi connectivity index (χ3v) is 3.55. The Bertz CT molecular complexity index is 563. The normalized spacial score (nSPS) is 10.2. The highest BCUT2D eigenvalue weighted by molar-refractivity contribution is 7.17. The second-order valence-corrected chi connectivity index (χ2v) is 5.02. The molecule has 0 atom stereocenters. The number of rotatable bonds is 3. The van der Waals surface area contributed by atoms with Crippen LogP contribution >= 0.6 is 22.9 Å². The van der Waals surface area contributed by atoms with Gasteiger partial charge >= 0.3 is 5.97 Å². The van der Waals surface area contributed by atoms with Crippen LogP contribution in [0, 0.1) is 6.92 Å². The monoisotopic (exact) mass is 282 g/mol. The van der Waals surface area contributed by atoms with E-state index in [-0.39, 0.29) is 0 Å². The zero-order valence-corrected chi connectivity index (χ0v) is 11.4. The van der Waals surface area contributed by atoms with Crippen molar-refractivity contribution >= 4 is 39.7 Å². The van der Waals surface area contributed by atoms with E-state index in [9.17, 15) is 4.79 Å². The number of nitrogens with zero attached hydrogens (tertiary/aromatic N) is 1. The highest BCUT2D eigenvalue weighted by Crippen LogP contribution is 2.30. The number of hydrogen-bond acceptors (Lipinski definition) is 5. The molecule has 0 fully saturated rings. The van der Waals surface area contributed by atoms with E-state index in [1.54, 1.807) is 6.07 Å². The molecule has 0 spiro atoms. The summed E-state index contributed by atoms with van der Waals surface area (Å²) in [6.07, 6.45) is 1.48. The minimum absolute atomic E-state index is 0.392. The first-order valence-electron chi connectivity index (χ1n) is 5.18. The Morgan fingerprint density at radius 3 is 2.94 bits per heavy atom. The molecule has 0 aliphatic carbocycles. The lowest BCUT2D eigenvalue weighted by Crippen LogP contribution is -1.96. The fourth-order valence-electron chi connectivity index (χ4n) is 1.42. The zero-order chi connectivity index (χ0) is 13.1. The standard InChI is InChI=1S/C12H11ClN2O2S/c1-7-4-3-5-8(13)10(7)15-12-14-6-9(18-12)11(16)17-2/h3-6H,1-2H3,(H,14,15). The van der Waals surface area contributed by atoms with Crippen LogP contribution in [0.4, 0.5) is 10.8 Å². The molecule has 1 heterocycles. The maximum Gasteiger partial charge on any atom is 0.349 e. The van der Waals surface area contributed by atoms with Crippen LogP contribution in [-0.2, 0) is 4.74 Å². The van der Waals surface area contributed by atoms with Crippen molar-refractivity contribution in [1.82, 2.24) is 4.98 Å². The smallest absolute Gasteiger partial charge is 0.349 e. The number of aryl methyl sites for hydroxylation is 1. The van der Waals surface area contributed by atoms with Crippen molar-refractivity contribution in [2.75, 3.05) is 12.4 Å². The fraction of sp³-hybridized carbons (Fsp3) is 0.167. The van der Waals surface area contributed by atoms with Gasteiger partial charge in [0.25, 0.3) is 0 Å². The summed E-state index contributed by atoms with van der Waals surface area (Å²) in [6, 6.07) is 5.62. The number of thiazole rings is 1. The Kier molecular flexibility index (Phi) is 3.84. The molecule has 0 radical (unpaired) electrons. The fourth-order valence-corrected chi connectivity index (χ4v) is 2.43. The van der Waals surface area contributed by atoms with E-state index in [0.29, 0.717) is 15.0 Å². The van der Waals surface area contributed by atoms with Gasteiger partial charge in [-0.05, 0) is 18.6 Å². The largest absolute Gasteiger partial charge is 0.465 e. The van der Waals surface area contributed by atoms with Crippen molar-refractivity contribution in [1.29, 1.82) is 0 Å². The van der Waals surface area contributed by atoms with Crippen LogP contribution in [0.2, 0.25) is 5.02 Å². The molecule has 1 N–H and O–H groups in total. The molecule has 0 saturated heterocycles. The van der Waals surface area contributed by atoms with E-state index in [1.807, 2.05) is 19.1 Å². The summed E-state index contributed by atoms with van der Waals surface area (Å²) in [7, 11) is 1.34. The molecule has 0 unspecified atom stereocenters. The zero-order valence-electron chi connectivity index (χ0n) is 9.86. The van der Waals surface area contributed by atoms with Crippen LogP contribution in [-0.4, -0.2) is 18.1 Å². The van der Waals surface area contributed by atoms with Gasteiger partial charge in [-0.3, -0.25) is 0 Å². The summed E-state index contributed by atoms with van der Waals surface area (Å²) in [5.74, 6) is -0.392. The summed E-state index contributed by atoms with van der Waals surface area (Å²) in [6.45, 7) is 1.95. The van der Waals surface area contributed by atoms with Gasteiger partial charge in [0.05, 0.1) is 24.0 Å². The van der Waals surface area contributed by atoms with Gasteiger partial charge in [-0.25, -0.2) is 9.78 Å². The second kappa shape index (κ2) is 5.37. The Hall–Kier alpha value is -1.59. The average Bonchev–Trinajstić information content (AvgIpc) is 2.81. The van der Waals surface area contributed by atoms with Crippen LogP contribution in [0.3, 0.4) is 0 Å². The van der Waals surface area contributed by atoms with Gasteiger partial charge in [0.2, 0.25) is 0 Å². The molecule has 2 rings (SSSR count). The van der Waals surface area contributed by atoms with Crippen molar-refractivity contribution in [3.05, 3.63) is 39.9 Å². The SMILES string of the molecule is COC(=O)c1cnc(Nc2c(C)cccc2Cl)s1. The number of methoxy groups -OCH3 is 1. The Balaban J connectivity index is 2.24. The number of halogens is 1. The third-order valence-electron chi connectivity index (χ3n) is 2.35. The molecule has 1 aromatic heterocycles. The van der Waals surface area contributed by atoms with Crippen molar-refractivity contribution < 1.29 is 9.53 Å². The predicted molar refractivity (Wildman–Crippen MR) is 72.9 cm³/mol. The lowest BCUT2D eigenvalue weighted by Gasteiger charge is -2.08. The summed E-state index contributed by atoms with van der Waals surface area (Å²) in [5, 5.41) is 4.33. The molecule has 94 valence electrons. The van der Waals surface area contributed by atoms with Crippen molar-refractivity contribution in [2.45, 2.75) is 6.92 Å². The van der Waals surface area contributed by atoms with Crippen molar-refractivity contribution in [3.63, 3.8) is 0 Å². The summed E-state index contributed by atoms with van der Waals surface area (Å²) >= 11 is 7.32. The maximum atomic E-state index is 11.3. The van der Waals surface area contributed by atoms with Crippen LogP contribution in [0.1, 0.15) is 15.2 Å². The summed E-state index contributed by atoms with van der Waals surface area (Å²) in [4.78, 5) is 15.9. The molecule has 0 saturated carbocycles. The number of anilines is 2. The van der Waals surface area contributed by atoms with Crippen molar-refractivity contribution in [2.24, 2.45) is 0 Å². The number of nitrogens with one attached hydrogen (secondary N) is 1. The van der Waals surface area contributed by atoms with Gasteiger partial charge in [-0.1, -0.05) is 35.1 Å². The highest BCUT2D eigenvalue weighted by atomic mass is 35.5. The molecule has 0 aliphatic rings. The molecule has 0 bridgehead atoms. The molecule has 2 aromatic rings. The van der Waals surface area contributed by atoms with Gasteiger partial charge < -0.3 is 10.1 Å². The van der Waals surface area contributed by atoms with Crippen LogP contribution < -0.4 is 5.32 Å². The molecule has 18 heavy (non-hydrogen) atoms. The quantitative estimate of drug-likeness (QED) is 0.873. The van der Waals surface area contributed by atoms with Gasteiger partial charge in [0.1, 0.15) is 4.88 Å². The third kappa shape index (κ3) is 2.63. The Labute approximate surface area is 114 Å². The lowest BCUT2D eigenvalue weighted by atomic mass is 10.2. The molecule has 0 amide bonds. The molecule has 0 aliphatic heterocycles. The number of ether oxygens (including phenoxy) is 1. The van der Waals surface area contributed by atoms with Gasteiger partial charge in [-0.2, -0.15) is 0 Å². The predicted octanol–water partition coefficient (Wildman–Crippen LogP) is 3.64. The summed E-state index contributed by atoms with van der Waals surface area (Å²) < 4.78 is 4.62. The van der Waals surface area contributed by atoms with E-state index in [0.717, 1.165) is 11.3 Å².